The molecule has 1 aromatic heterocycles. The number of ketones is 1. The van der Waals surface area contributed by atoms with E-state index in [1.165, 1.54) is 0 Å². The topological polar surface area (TPSA) is 105 Å². The van der Waals surface area contributed by atoms with Crippen molar-refractivity contribution in [2.24, 2.45) is 28.1 Å². The van der Waals surface area contributed by atoms with E-state index in [-0.39, 0.29) is 42.7 Å². The smallest absolute Gasteiger partial charge is 0.339 e. The van der Waals surface area contributed by atoms with Crippen LogP contribution in [0.5, 0.6) is 0 Å². The first-order valence-corrected chi connectivity index (χ1v) is 12.3. The molecule has 0 unspecified atom stereocenters. The number of cyclic esters (lactones) is 2. The van der Waals surface area contributed by atoms with Gasteiger partial charge in [0.25, 0.3) is 0 Å². The van der Waals surface area contributed by atoms with Gasteiger partial charge < -0.3 is 23.4 Å². The molecule has 8 heteroatoms. The monoisotopic (exact) mass is 470 g/mol. The lowest BCUT2D eigenvalue weighted by molar-refractivity contribution is -0.225. The summed E-state index contributed by atoms with van der Waals surface area (Å²) in [5.41, 5.74) is -2.78. The van der Waals surface area contributed by atoms with Gasteiger partial charge in [0.05, 0.1) is 36.1 Å². The summed E-state index contributed by atoms with van der Waals surface area (Å²) in [7, 11) is 0. The van der Waals surface area contributed by atoms with Gasteiger partial charge in [-0.05, 0) is 45.6 Å². The van der Waals surface area contributed by atoms with Crippen LogP contribution in [-0.2, 0) is 33.3 Å². The lowest BCUT2D eigenvalue weighted by atomic mass is 9.37. The Hall–Kier alpha value is -2.19. The van der Waals surface area contributed by atoms with E-state index in [1.54, 1.807) is 12.5 Å². The van der Waals surface area contributed by atoms with E-state index < -0.39 is 45.6 Å². The van der Waals surface area contributed by atoms with Crippen molar-refractivity contribution in [3.05, 3.63) is 24.2 Å². The average Bonchev–Trinajstić information content (AvgIpc) is 3.26. The van der Waals surface area contributed by atoms with Crippen LogP contribution in [0, 0.1) is 28.1 Å². The van der Waals surface area contributed by atoms with Gasteiger partial charge in [-0.2, -0.15) is 0 Å². The first-order valence-electron chi connectivity index (χ1n) is 12.3. The third-order valence-electron chi connectivity index (χ3n) is 10.7. The zero-order valence-electron chi connectivity index (χ0n) is 19.9. The fourth-order valence-electron chi connectivity index (χ4n) is 9.34. The molecule has 0 radical (unpaired) electrons. The predicted octanol–water partition coefficient (Wildman–Crippen LogP) is 3.14. The fraction of sp³-hybridized carbons (Fsp3) is 0.731. The van der Waals surface area contributed by atoms with E-state index >= 15 is 0 Å². The number of hydrogen-bond acceptors (Lipinski definition) is 8. The third kappa shape index (κ3) is 2.02. The van der Waals surface area contributed by atoms with Crippen LogP contribution in [0.2, 0.25) is 0 Å². The molecule has 6 fully saturated rings. The Morgan fingerprint density at radius 1 is 0.971 bits per heavy atom. The van der Waals surface area contributed by atoms with Crippen molar-refractivity contribution in [3.8, 4) is 0 Å². The molecule has 7 rings (SSSR count). The molecule has 4 aliphatic heterocycles. The van der Waals surface area contributed by atoms with E-state index in [0.717, 1.165) is 12.0 Å². The summed E-state index contributed by atoms with van der Waals surface area (Å²) >= 11 is 0. The number of carbonyl (C=O) groups excluding carboxylic acids is 3. The molecule has 2 saturated carbocycles. The van der Waals surface area contributed by atoms with Crippen molar-refractivity contribution in [2.75, 3.05) is 6.61 Å². The Labute approximate surface area is 197 Å². The molecule has 0 N–H and O–H groups in total. The van der Waals surface area contributed by atoms with E-state index in [9.17, 15) is 14.4 Å². The minimum Gasteiger partial charge on any atom is -0.472 e. The Kier molecular flexibility index (Phi) is 3.70. The predicted molar refractivity (Wildman–Crippen MR) is 114 cm³/mol. The van der Waals surface area contributed by atoms with Crippen molar-refractivity contribution in [1.82, 2.24) is 0 Å². The maximum atomic E-state index is 14.2. The molecule has 9 atom stereocenters. The van der Waals surface area contributed by atoms with Gasteiger partial charge in [0.15, 0.2) is 6.10 Å². The molecule has 8 nitrogen and oxygen atoms in total. The van der Waals surface area contributed by atoms with Crippen molar-refractivity contribution in [1.29, 1.82) is 0 Å². The molecule has 0 amide bonds. The normalized spacial score (nSPS) is 52.4. The average molecular weight is 471 g/mol. The molecule has 6 aliphatic rings. The van der Waals surface area contributed by atoms with Gasteiger partial charge in [-0.15, -0.1) is 0 Å². The Bertz CT molecular complexity index is 1120. The molecule has 2 aliphatic carbocycles. The summed E-state index contributed by atoms with van der Waals surface area (Å²) in [6.07, 6.45) is 3.46. The zero-order chi connectivity index (χ0) is 23.9. The third-order valence-corrected chi connectivity index (χ3v) is 10.7. The largest absolute Gasteiger partial charge is 0.472 e. The molecule has 4 saturated heterocycles. The summed E-state index contributed by atoms with van der Waals surface area (Å²) in [6.45, 7) is 8.36. The van der Waals surface area contributed by atoms with Crippen molar-refractivity contribution in [3.63, 3.8) is 0 Å². The summed E-state index contributed by atoms with van der Waals surface area (Å²) in [6, 6.07) is 1.81. The van der Waals surface area contributed by atoms with E-state index in [1.807, 2.05) is 26.8 Å². The fourth-order valence-corrected chi connectivity index (χ4v) is 9.34. The molecule has 1 aromatic rings. The number of epoxide rings is 1. The minimum absolute atomic E-state index is 0.0677. The number of furan rings is 1. The highest BCUT2D eigenvalue weighted by Gasteiger charge is 2.89. The van der Waals surface area contributed by atoms with E-state index in [4.69, 9.17) is 23.4 Å². The first kappa shape index (κ1) is 21.1. The molecule has 0 bridgehead atoms. The minimum atomic E-state index is -0.976. The highest BCUT2D eigenvalue weighted by Crippen LogP contribution is 2.79. The lowest BCUT2D eigenvalue weighted by Gasteiger charge is -2.65. The van der Waals surface area contributed by atoms with Crippen LogP contribution >= 0.6 is 0 Å². The molecule has 5 heterocycles. The summed E-state index contributed by atoms with van der Waals surface area (Å²) in [5.74, 6) is -0.780. The highest BCUT2D eigenvalue weighted by atomic mass is 16.7. The lowest BCUT2D eigenvalue weighted by Crippen LogP contribution is -2.72. The number of rotatable bonds is 1. The summed E-state index contributed by atoms with van der Waals surface area (Å²) in [4.78, 5) is 39.7. The van der Waals surface area contributed by atoms with Crippen LogP contribution in [0.4, 0.5) is 0 Å². The van der Waals surface area contributed by atoms with E-state index in [0.29, 0.717) is 12.8 Å². The van der Waals surface area contributed by atoms with Gasteiger partial charge in [0.2, 0.25) is 0 Å². The number of esters is 2. The number of carbonyl (C=O) groups is 3. The van der Waals surface area contributed by atoms with Crippen LogP contribution in [0.3, 0.4) is 0 Å². The van der Waals surface area contributed by atoms with E-state index in [2.05, 4.69) is 6.92 Å². The maximum Gasteiger partial charge on any atom is 0.339 e. The number of ether oxygens (including phenoxy) is 4. The van der Waals surface area contributed by atoms with Gasteiger partial charge in [-0.25, -0.2) is 4.79 Å². The van der Waals surface area contributed by atoms with Crippen LogP contribution in [0.25, 0.3) is 0 Å². The second-order valence-electron chi connectivity index (χ2n) is 12.2. The van der Waals surface area contributed by atoms with Gasteiger partial charge >= 0.3 is 11.9 Å². The van der Waals surface area contributed by atoms with Gasteiger partial charge in [0.1, 0.15) is 24.1 Å². The van der Waals surface area contributed by atoms with Crippen LogP contribution in [0.1, 0.15) is 65.0 Å². The number of fused-ring (bicyclic) bond motifs is 1. The summed E-state index contributed by atoms with van der Waals surface area (Å²) < 4.78 is 29.8. The number of Topliss-reactive ketones (excluding diaryl/α,β-unsaturated/α-hetero) is 1. The Morgan fingerprint density at radius 3 is 2.50 bits per heavy atom. The second-order valence-corrected chi connectivity index (χ2v) is 12.2. The molecule has 0 aromatic carbocycles. The van der Waals surface area contributed by atoms with Gasteiger partial charge in [0, 0.05) is 28.7 Å². The van der Waals surface area contributed by atoms with Crippen molar-refractivity contribution < 1.29 is 37.7 Å². The van der Waals surface area contributed by atoms with Gasteiger partial charge in [-0.1, -0.05) is 6.92 Å². The van der Waals surface area contributed by atoms with Crippen LogP contribution < -0.4 is 0 Å². The quantitative estimate of drug-likeness (QED) is 0.455. The highest BCUT2D eigenvalue weighted by molar-refractivity contribution is 5.93. The van der Waals surface area contributed by atoms with Gasteiger partial charge in [-0.3, -0.25) is 9.59 Å². The first-order chi connectivity index (χ1) is 16.0. The molecule has 182 valence electrons. The standard InChI is InChI=1S/C26H30O8/c1-22(2)15-9-16(27)24(4)14(25(15)12-31-18(28)10-17(25)33-22)5-7-23(3)19(13-6-8-30-11-13)32-21(29)20-26(23,24)34-20/h6,8,11,14-15,17,19-20H,5,7,9-10,12H2,1-4H3/t14-,15-,17-,19+,20-,23+,24+,25+,26-/m1/s1. The van der Waals surface area contributed by atoms with Crippen molar-refractivity contribution >= 4 is 17.7 Å². The molecule has 2 spiro atoms. The summed E-state index contributed by atoms with van der Waals surface area (Å²) in [5, 5.41) is 0. The van der Waals surface area contributed by atoms with Crippen molar-refractivity contribution in [2.45, 2.75) is 82.9 Å². The molecular weight excluding hydrogens is 440 g/mol. The Balaban J connectivity index is 1.41. The van der Waals surface area contributed by atoms with Crippen LogP contribution in [0.15, 0.2) is 23.0 Å². The molecular formula is C26H30O8. The number of hydrogen-bond donors (Lipinski definition) is 0. The van der Waals surface area contributed by atoms with Crippen LogP contribution in [-0.4, -0.2) is 47.7 Å². The second kappa shape index (κ2) is 5.95. The zero-order valence-corrected chi connectivity index (χ0v) is 19.9. The SMILES string of the molecule is CC1(C)O[C@@H]2CC(=O)OC[C@]23[C@@H]1CC(=O)[C@]1(C)[C@H]3CC[C@@]2(C)[C@H](c3ccoc3)OC(=O)[C@H]3O[C@]321. The molecule has 34 heavy (non-hydrogen) atoms. The Morgan fingerprint density at radius 2 is 1.76 bits per heavy atom. The maximum absolute atomic E-state index is 14.2.